The summed E-state index contributed by atoms with van der Waals surface area (Å²) in [6, 6.07) is 7.17. The third-order valence-electron chi connectivity index (χ3n) is 11.0. The standard InChI is InChI=1S/C34H41F2N5O3/c1-2-26-28(36)5-4-21-12-25(43)14-30(31(21)26)39-9-6-27-29(18-39)37-33(44-19-34-7-3-8-40(34)17-22(35)15-34)38-32(27)41-16-20-10-23(41)13-24(42)11-20/h4-5,12,14,20,22-24,42-43H,2-3,6-11,13,15-19H2,1H3/t20?,22-,23?,24?,34+/m1/s1. The summed E-state index contributed by atoms with van der Waals surface area (Å²) in [6.45, 7) is 5.66. The molecule has 5 atom stereocenters. The molecule has 1 aliphatic carbocycles. The van der Waals surface area contributed by atoms with E-state index < -0.39 is 6.17 Å². The number of ether oxygens (including phenoxy) is 1. The number of aromatic hydroxyl groups is 1. The fraction of sp³-hybridized carbons (Fsp3) is 0.588. The van der Waals surface area contributed by atoms with Crippen molar-refractivity contribution in [2.75, 3.05) is 42.6 Å². The summed E-state index contributed by atoms with van der Waals surface area (Å²) in [5.41, 5.74) is 3.08. The second kappa shape index (κ2) is 10.7. The highest BCUT2D eigenvalue weighted by Gasteiger charge is 2.49. The van der Waals surface area contributed by atoms with Crippen LogP contribution in [-0.4, -0.2) is 81.7 Å². The van der Waals surface area contributed by atoms with Crippen molar-refractivity contribution in [1.29, 1.82) is 0 Å². The Morgan fingerprint density at radius 1 is 1.11 bits per heavy atom. The number of rotatable bonds is 6. The second-order valence-electron chi connectivity index (χ2n) is 13.8. The van der Waals surface area contributed by atoms with Crippen LogP contribution in [0.15, 0.2) is 24.3 Å². The molecular formula is C34H41F2N5O3. The lowest BCUT2D eigenvalue weighted by molar-refractivity contribution is 0.107. The van der Waals surface area contributed by atoms with Gasteiger partial charge in [0.2, 0.25) is 0 Å². The number of phenolic OH excluding ortho intramolecular Hbond substituents is 1. The van der Waals surface area contributed by atoms with Gasteiger partial charge in [-0.3, -0.25) is 4.90 Å². The third kappa shape index (κ3) is 4.67. The first kappa shape index (κ1) is 28.2. The number of anilines is 2. The first-order valence-corrected chi connectivity index (χ1v) is 16.4. The molecule has 2 bridgehead atoms. The smallest absolute Gasteiger partial charge is 0.318 e. The van der Waals surface area contributed by atoms with Crippen molar-refractivity contribution in [2.24, 2.45) is 5.92 Å². The summed E-state index contributed by atoms with van der Waals surface area (Å²) >= 11 is 0. The number of fused-ring (bicyclic) bond motifs is 5. The number of aryl methyl sites for hydroxylation is 1. The molecule has 3 unspecified atom stereocenters. The van der Waals surface area contributed by atoms with Gasteiger partial charge in [-0.15, -0.1) is 0 Å². The molecule has 1 saturated carbocycles. The second-order valence-corrected chi connectivity index (χ2v) is 13.8. The van der Waals surface area contributed by atoms with Gasteiger partial charge < -0.3 is 24.7 Å². The highest BCUT2D eigenvalue weighted by Crippen LogP contribution is 2.44. The summed E-state index contributed by atoms with van der Waals surface area (Å²) in [4.78, 5) is 16.8. The van der Waals surface area contributed by atoms with Crippen molar-refractivity contribution in [3.05, 3.63) is 46.9 Å². The molecule has 4 fully saturated rings. The predicted molar refractivity (Wildman–Crippen MR) is 165 cm³/mol. The molecule has 3 aromatic rings. The molecule has 234 valence electrons. The van der Waals surface area contributed by atoms with E-state index in [1.54, 1.807) is 18.2 Å². The van der Waals surface area contributed by atoms with Gasteiger partial charge in [-0.2, -0.15) is 9.97 Å². The lowest BCUT2D eigenvalue weighted by atomic mass is 9.88. The number of hydrogen-bond acceptors (Lipinski definition) is 8. The van der Waals surface area contributed by atoms with Crippen molar-refractivity contribution in [3.63, 3.8) is 0 Å². The minimum absolute atomic E-state index is 0.144. The molecule has 0 spiro atoms. The SMILES string of the molecule is CCc1c(F)ccc2cc(O)cc(N3CCc4c(nc(OC[C@@]56CCCN5C[C@H](F)C6)nc4N4CC5CC(O)CC4C5)C3)c12. The Hall–Kier alpha value is -3.24. The molecular weight excluding hydrogens is 564 g/mol. The number of aliphatic hydroxyl groups is 1. The van der Waals surface area contributed by atoms with E-state index in [2.05, 4.69) is 14.7 Å². The van der Waals surface area contributed by atoms with Gasteiger partial charge in [0, 0.05) is 54.8 Å². The molecule has 8 nitrogen and oxygen atoms in total. The van der Waals surface area contributed by atoms with E-state index in [-0.39, 0.29) is 29.3 Å². The molecule has 0 amide bonds. The zero-order chi connectivity index (χ0) is 30.2. The van der Waals surface area contributed by atoms with Gasteiger partial charge in [-0.05, 0) is 80.5 Å². The van der Waals surface area contributed by atoms with Crippen LogP contribution in [-0.2, 0) is 19.4 Å². The van der Waals surface area contributed by atoms with Crippen LogP contribution in [0.2, 0.25) is 0 Å². The Labute approximate surface area is 256 Å². The highest BCUT2D eigenvalue weighted by molar-refractivity contribution is 5.98. The third-order valence-corrected chi connectivity index (χ3v) is 11.0. The van der Waals surface area contributed by atoms with Crippen molar-refractivity contribution in [1.82, 2.24) is 14.9 Å². The molecule has 0 radical (unpaired) electrons. The summed E-state index contributed by atoms with van der Waals surface area (Å²) < 4.78 is 35.9. The van der Waals surface area contributed by atoms with Crippen LogP contribution in [0.25, 0.3) is 10.8 Å². The van der Waals surface area contributed by atoms with E-state index in [1.165, 1.54) is 6.07 Å². The lowest BCUT2D eigenvalue weighted by Gasteiger charge is -2.35. The highest BCUT2D eigenvalue weighted by atomic mass is 19.1. The number of benzene rings is 2. The van der Waals surface area contributed by atoms with Crippen molar-refractivity contribution in [2.45, 2.75) is 88.7 Å². The van der Waals surface area contributed by atoms with Crippen LogP contribution in [0, 0.1) is 11.7 Å². The molecule has 10 heteroatoms. The van der Waals surface area contributed by atoms with Gasteiger partial charge in [0.05, 0.1) is 23.9 Å². The van der Waals surface area contributed by atoms with Gasteiger partial charge in [-0.1, -0.05) is 13.0 Å². The minimum atomic E-state index is -0.835. The predicted octanol–water partition coefficient (Wildman–Crippen LogP) is 4.90. The van der Waals surface area contributed by atoms with Crippen molar-refractivity contribution >= 4 is 22.3 Å². The van der Waals surface area contributed by atoms with E-state index in [1.807, 2.05) is 6.92 Å². The van der Waals surface area contributed by atoms with Crippen LogP contribution < -0.4 is 14.5 Å². The number of aliphatic hydroxyl groups excluding tert-OH is 1. The largest absolute Gasteiger partial charge is 0.508 e. The van der Waals surface area contributed by atoms with Crippen molar-refractivity contribution in [3.8, 4) is 11.8 Å². The monoisotopic (exact) mass is 605 g/mol. The average molecular weight is 606 g/mol. The maximum absolute atomic E-state index is 15.0. The molecule has 44 heavy (non-hydrogen) atoms. The Balaban J connectivity index is 1.17. The van der Waals surface area contributed by atoms with E-state index in [0.717, 1.165) is 78.7 Å². The van der Waals surface area contributed by atoms with E-state index >= 15 is 0 Å². The quantitative estimate of drug-likeness (QED) is 0.411. The number of nitrogens with zero attached hydrogens (tertiary/aromatic N) is 5. The number of phenols is 1. The van der Waals surface area contributed by atoms with E-state index in [9.17, 15) is 19.0 Å². The molecule has 8 rings (SSSR count). The normalized spacial score (nSPS) is 29.8. The zero-order valence-corrected chi connectivity index (χ0v) is 25.3. The number of aromatic nitrogens is 2. The molecule has 2 aromatic carbocycles. The van der Waals surface area contributed by atoms with Crippen LogP contribution in [0.4, 0.5) is 20.3 Å². The molecule has 4 aliphatic heterocycles. The van der Waals surface area contributed by atoms with Gasteiger partial charge in [0.25, 0.3) is 0 Å². The number of alkyl halides is 1. The van der Waals surface area contributed by atoms with Crippen LogP contribution in [0.3, 0.4) is 0 Å². The Bertz CT molecular complexity index is 1610. The number of halogens is 2. The summed E-state index contributed by atoms with van der Waals surface area (Å²) in [5.74, 6) is 1.23. The summed E-state index contributed by atoms with van der Waals surface area (Å²) in [7, 11) is 0. The molecule has 1 aromatic heterocycles. The Kier molecular flexibility index (Phi) is 6.86. The van der Waals surface area contributed by atoms with Crippen LogP contribution in [0.1, 0.15) is 62.3 Å². The van der Waals surface area contributed by atoms with Gasteiger partial charge in [-0.25, -0.2) is 8.78 Å². The van der Waals surface area contributed by atoms with E-state index in [4.69, 9.17) is 14.7 Å². The topological polar surface area (TPSA) is 85.2 Å². The molecule has 5 heterocycles. The molecule has 2 N–H and O–H groups in total. The first-order chi connectivity index (χ1) is 21.3. The van der Waals surface area contributed by atoms with Gasteiger partial charge in [0.1, 0.15) is 30.2 Å². The van der Waals surface area contributed by atoms with Gasteiger partial charge in [0.15, 0.2) is 0 Å². The fourth-order valence-corrected chi connectivity index (χ4v) is 9.08. The van der Waals surface area contributed by atoms with E-state index in [0.29, 0.717) is 63.0 Å². The first-order valence-electron chi connectivity index (χ1n) is 16.4. The van der Waals surface area contributed by atoms with Gasteiger partial charge >= 0.3 is 6.01 Å². The molecule has 5 aliphatic rings. The summed E-state index contributed by atoms with van der Waals surface area (Å²) in [6.07, 6.45) is 5.14. The average Bonchev–Trinajstić information content (AvgIpc) is 3.63. The lowest BCUT2D eigenvalue weighted by Crippen LogP contribution is -2.43. The zero-order valence-electron chi connectivity index (χ0n) is 25.3. The minimum Gasteiger partial charge on any atom is -0.508 e. The van der Waals surface area contributed by atoms with Crippen molar-refractivity contribution < 1.29 is 23.7 Å². The number of hydrogen-bond donors (Lipinski definition) is 2. The van der Waals surface area contributed by atoms with Crippen LogP contribution >= 0.6 is 0 Å². The maximum Gasteiger partial charge on any atom is 0.318 e. The Morgan fingerprint density at radius 2 is 2.00 bits per heavy atom. The molecule has 3 saturated heterocycles. The fourth-order valence-electron chi connectivity index (χ4n) is 9.08. The maximum atomic E-state index is 15.0. The summed E-state index contributed by atoms with van der Waals surface area (Å²) in [5, 5.41) is 22.8. The van der Waals surface area contributed by atoms with Crippen LogP contribution in [0.5, 0.6) is 11.8 Å². The Morgan fingerprint density at radius 3 is 2.86 bits per heavy atom.